The van der Waals surface area contributed by atoms with Crippen LogP contribution in [0.1, 0.15) is 37.7 Å². The van der Waals surface area contributed by atoms with Crippen LogP contribution < -0.4 is 15.0 Å². The van der Waals surface area contributed by atoms with Crippen LogP contribution >= 0.6 is 0 Å². The van der Waals surface area contributed by atoms with Crippen LogP contribution in [0.15, 0.2) is 36.4 Å². The van der Waals surface area contributed by atoms with Crippen molar-refractivity contribution in [3.8, 4) is 35.2 Å². The normalized spacial score (nSPS) is 23.4. The smallest absolute Gasteiger partial charge is 0.319 e. The molecule has 1 aliphatic carbocycles. The number of benzene rings is 3. The highest BCUT2D eigenvalue weighted by Crippen LogP contribution is 2.47. The van der Waals surface area contributed by atoms with E-state index in [1.807, 2.05) is 0 Å². The van der Waals surface area contributed by atoms with E-state index in [9.17, 15) is 5.11 Å². The number of nitrogens with one attached hydrogen (secondary N) is 1. The minimum Gasteiger partial charge on any atom is -0.508 e. The fourth-order valence-electron chi connectivity index (χ4n) is 8.06. The molecule has 8 rings (SSSR count). The Kier molecular flexibility index (Phi) is 7.66. The summed E-state index contributed by atoms with van der Waals surface area (Å²) in [4.78, 5) is 14.0. The first-order valence-electron chi connectivity index (χ1n) is 16.6. The third kappa shape index (κ3) is 5.64. The van der Waals surface area contributed by atoms with E-state index in [1.165, 1.54) is 18.2 Å². The number of piperazine rings is 1. The average molecular weight is 640 g/mol. The average Bonchev–Trinajstić information content (AvgIpc) is 3.55. The Morgan fingerprint density at radius 3 is 2.64 bits per heavy atom. The molecule has 4 fully saturated rings. The van der Waals surface area contributed by atoms with Gasteiger partial charge in [-0.15, -0.1) is 6.42 Å². The first-order chi connectivity index (χ1) is 22.8. The minimum absolute atomic E-state index is 0.00714. The number of aromatic hydroxyl groups is 1. The lowest BCUT2D eigenvalue weighted by molar-refractivity contribution is 0.141. The van der Waals surface area contributed by atoms with Gasteiger partial charge in [0.2, 0.25) is 0 Å². The van der Waals surface area contributed by atoms with Crippen molar-refractivity contribution in [2.45, 2.75) is 44.2 Å². The van der Waals surface area contributed by atoms with Gasteiger partial charge in [0.15, 0.2) is 5.82 Å². The number of rotatable bonds is 9. The number of nitrogens with zero attached hydrogens (tertiary/aromatic N) is 4. The van der Waals surface area contributed by atoms with Crippen molar-refractivity contribution in [3.05, 3.63) is 53.6 Å². The molecule has 2 N–H and O–H groups in total. The number of likely N-dealkylation sites (tertiary alicyclic amines) is 1. The van der Waals surface area contributed by atoms with Crippen molar-refractivity contribution in [3.63, 3.8) is 0 Å². The standard InChI is InChI=1S/C37H39F2N5O3/c1-3-23-5-4-6-24-13-27(45)14-28(31(23)24)32-30(38)15-29-34(33(32)39)41-36(42-35(29)44-17-25-7-8-26(18-44)40-25)47-21-37(10-11-37)20-43-12-9-22(16-43)19-46-2/h1,4-6,13-15,22,25-26,40,45H,7-12,16-21H2,2H3/t22-,25?,26?/m0/s1. The first kappa shape index (κ1) is 30.3. The second-order valence-corrected chi connectivity index (χ2v) is 14.0. The number of aromatic nitrogens is 2. The maximum atomic E-state index is 16.9. The molecular weight excluding hydrogens is 600 g/mol. The molecule has 0 amide bonds. The second kappa shape index (κ2) is 11.9. The monoisotopic (exact) mass is 639 g/mol. The van der Waals surface area contributed by atoms with Crippen LogP contribution in [0.25, 0.3) is 32.8 Å². The number of phenolic OH excluding ortho intramolecular Hbond substituents is 1. The van der Waals surface area contributed by atoms with E-state index < -0.39 is 11.6 Å². The molecule has 3 atom stereocenters. The topological polar surface area (TPSA) is 83.0 Å². The molecule has 3 aromatic carbocycles. The molecule has 1 saturated carbocycles. The zero-order chi connectivity index (χ0) is 32.3. The predicted octanol–water partition coefficient (Wildman–Crippen LogP) is 5.48. The van der Waals surface area contributed by atoms with E-state index in [2.05, 4.69) is 26.0 Å². The number of terminal acetylenes is 1. The van der Waals surface area contributed by atoms with E-state index in [4.69, 9.17) is 20.9 Å². The lowest BCUT2D eigenvalue weighted by Crippen LogP contribution is -2.51. The highest BCUT2D eigenvalue weighted by molar-refractivity contribution is 6.04. The molecule has 10 heteroatoms. The van der Waals surface area contributed by atoms with E-state index in [-0.39, 0.29) is 45.9 Å². The molecule has 1 aromatic heterocycles. The maximum absolute atomic E-state index is 16.9. The van der Waals surface area contributed by atoms with Crippen LogP contribution in [-0.2, 0) is 4.74 Å². The molecule has 8 nitrogen and oxygen atoms in total. The van der Waals surface area contributed by atoms with Gasteiger partial charge in [-0.1, -0.05) is 18.1 Å². The summed E-state index contributed by atoms with van der Waals surface area (Å²) >= 11 is 0. The SMILES string of the molecule is C#Cc1cccc2cc(O)cc(-c3c(F)cc4c(N5CC6CCC(C5)N6)nc(OCC5(CN6CC[C@H](COC)C6)CC5)nc4c3F)c12. The highest BCUT2D eigenvalue weighted by Gasteiger charge is 2.46. The fourth-order valence-corrected chi connectivity index (χ4v) is 8.06. The van der Waals surface area contributed by atoms with Gasteiger partial charge in [-0.05, 0) is 74.2 Å². The quantitative estimate of drug-likeness (QED) is 0.233. The van der Waals surface area contributed by atoms with Crippen LogP contribution in [0, 0.1) is 35.3 Å². The summed E-state index contributed by atoms with van der Waals surface area (Å²) in [6.45, 7) is 5.55. The third-order valence-electron chi connectivity index (χ3n) is 10.5. The molecular formula is C37H39F2N5O3. The molecule has 4 heterocycles. The molecule has 3 saturated heterocycles. The summed E-state index contributed by atoms with van der Waals surface area (Å²) in [6, 6.07) is 10.1. The van der Waals surface area contributed by atoms with Gasteiger partial charge in [0.05, 0.1) is 18.8 Å². The van der Waals surface area contributed by atoms with Gasteiger partial charge in [-0.2, -0.15) is 9.97 Å². The first-order valence-corrected chi connectivity index (χ1v) is 16.6. The highest BCUT2D eigenvalue weighted by atomic mass is 19.1. The largest absolute Gasteiger partial charge is 0.508 e. The number of ether oxygens (including phenoxy) is 2. The second-order valence-electron chi connectivity index (χ2n) is 14.0. The van der Waals surface area contributed by atoms with Gasteiger partial charge >= 0.3 is 6.01 Å². The molecule has 2 bridgehead atoms. The van der Waals surface area contributed by atoms with Crippen LogP contribution in [0.3, 0.4) is 0 Å². The predicted molar refractivity (Wildman–Crippen MR) is 178 cm³/mol. The molecule has 4 aromatic rings. The van der Waals surface area contributed by atoms with Crippen molar-refractivity contribution >= 4 is 27.5 Å². The Hall–Kier alpha value is -4.04. The number of phenols is 1. The third-order valence-corrected chi connectivity index (χ3v) is 10.5. The number of hydrogen-bond acceptors (Lipinski definition) is 8. The lowest BCUT2D eigenvalue weighted by atomic mass is 9.93. The van der Waals surface area contributed by atoms with E-state index >= 15 is 8.78 Å². The Bertz CT molecular complexity index is 1900. The number of methoxy groups -OCH3 is 1. The van der Waals surface area contributed by atoms with Crippen molar-refractivity contribution in [2.75, 3.05) is 57.9 Å². The van der Waals surface area contributed by atoms with Crippen molar-refractivity contribution in [1.82, 2.24) is 20.2 Å². The Morgan fingerprint density at radius 2 is 1.89 bits per heavy atom. The van der Waals surface area contributed by atoms with Crippen LogP contribution in [0.2, 0.25) is 0 Å². The van der Waals surface area contributed by atoms with Gasteiger partial charge in [0, 0.05) is 72.7 Å². The van der Waals surface area contributed by atoms with Gasteiger partial charge < -0.3 is 29.7 Å². The van der Waals surface area contributed by atoms with E-state index in [0.29, 0.717) is 53.2 Å². The molecule has 244 valence electrons. The minimum atomic E-state index is -0.840. The summed E-state index contributed by atoms with van der Waals surface area (Å²) in [6.07, 6.45) is 11.1. The summed E-state index contributed by atoms with van der Waals surface area (Å²) in [5.74, 6) is 1.92. The summed E-state index contributed by atoms with van der Waals surface area (Å²) in [5.41, 5.74) is 0.334. The molecule has 0 spiro atoms. The van der Waals surface area contributed by atoms with Gasteiger partial charge in [0.25, 0.3) is 0 Å². The van der Waals surface area contributed by atoms with E-state index in [1.54, 1.807) is 25.3 Å². The molecule has 4 aliphatic rings. The Balaban J connectivity index is 1.20. The van der Waals surface area contributed by atoms with Crippen LogP contribution in [-0.4, -0.2) is 85.1 Å². The van der Waals surface area contributed by atoms with Crippen molar-refractivity contribution in [1.29, 1.82) is 0 Å². The number of anilines is 1. The Labute approximate surface area is 273 Å². The van der Waals surface area contributed by atoms with Gasteiger partial charge in [-0.3, -0.25) is 0 Å². The molecule has 0 radical (unpaired) electrons. The zero-order valence-corrected chi connectivity index (χ0v) is 26.6. The summed E-state index contributed by atoms with van der Waals surface area (Å²) in [7, 11) is 1.75. The Morgan fingerprint density at radius 1 is 1.09 bits per heavy atom. The van der Waals surface area contributed by atoms with E-state index in [0.717, 1.165) is 58.3 Å². The molecule has 3 aliphatic heterocycles. The maximum Gasteiger partial charge on any atom is 0.319 e. The van der Waals surface area contributed by atoms with Gasteiger partial charge in [-0.25, -0.2) is 8.78 Å². The van der Waals surface area contributed by atoms with Gasteiger partial charge in [0.1, 0.15) is 22.9 Å². The summed E-state index contributed by atoms with van der Waals surface area (Å²) < 4.78 is 44.9. The fraction of sp³-hybridized carbons (Fsp3) is 0.459. The van der Waals surface area contributed by atoms with Crippen LogP contribution in [0.4, 0.5) is 14.6 Å². The van der Waals surface area contributed by atoms with Crippen molar-refractivity contribution in [2.24, 2.45) is 11.3 Å². The van der Waals surface area contributed by atoms with Crippen LogP contribution in [0.5, 0.6) is 11.8 Å². The lowest BCUT2D eigenvalue weighted by Gasteiger charge is -2.34. The summed E-state index contributed by atoms with van der Waals surface area (Å²) in [5, 5.41) is 15.6. The zero-order valence-electron chi connectivity index (χ0n) is 26.6. The number of halogens is 2. The number of hydrogen-bond donors (Lipinski definition) is 2. The molecule has 47 heavy (non-hydrogen) atoms. The van der Waals surface area contributed by atoms with Crippen molar-refractivity contribution < 1.29 is 23.4 Å². The number of fused-ring (bicyclic) bond motifs is 4. The molecule has 2 unspecified atom stereocenters.